The van der Waals surface area contributed by atoms with Crippen molar-refractivity contribution in [3.63, 3.8) is 0 Å². The number of hydrogen-bond acceptors (Lipinski definition) is 2. The molecule has 0 aromatic heterocycles. The van der Waals surface area contributed by atoms with Crippen LogP contribution in [0, 0.1) is 5.92 Å². The lowest BCUT2D eigenvalue weighted by Gasteiger charge is -2.33. The Morgan fingerprint density at radius 2 is 1.76 bits per heavy atom. The van der Waals surface area contributed by atoms with Crippen molar-refractivity contribution in [2.75, 3.05) is 19.6 Å². The van der Waals surface area contributed by atoms with Crippen LogP contribution in [-0.4, -0.2) is 36.6 Å². The van der Waals surface area contributed by atoms with Gasteiger partial charge in [0, 0.05) is 18.7 Å². The lowest BCUT2D eigenvalue weighted by molar-refractivity contribution is -0.183. The molecule has 0 unspecified atom stereocenters. The summed E-state index contributed by atoms with van der Waals surface area (Å²) in [7, 11) is 0. The molecule has 0 bridgehead atoms. The average Bonchev–Trinajstić information content (AvgIpc) is 2.47. The van der Waals surface area contributed by atoms with Gasteiger partial charge >= 0.3 is 6.18 Å². The number of halogens is 3. The summed E-state index contributed by atoms with van der Waals surface area (Å²) in [4.78, 5) is 13.7. The second-order valence-electron chi connectivity index (χ2n) is 5.34. The van der Waals surface area contributed by atoms with Gasteiger partial charge in [0.05, 0.1) is 5.92 Å². The lowest BCUT2D eigenvalue weighted by atomic mass is 9.95. The number of amides is 1. The quantitative estimate of drug-likeness (QED) is 0.932. The van der Waals surface area contributed by atoms with E-state index in [0.717, 1.165) is 12.0 Å². The molecule has 0 saturated carbocycles. The molecule has 0 atom stereocenters. The minimum Gasteiger partial charge on any atom is -0.339 e. The molecular weight excluding hydrogens is 281 g/mol. The van der Waals surface area contributed by atoms with Crippen molar-refractivity contribution >= 4 is 5.91 Å². The van der Waals surface area contributed by atoms with E-state index in [4.69, 9.17) is 5.73 Å². The van der Waals surface area contributed by atoms with E-state index >= 15 is 0 Å². The molecule has 3 nitrogen and oxygen atoms in total. The number of nitrogens with two attached hydrogens (primary N) is 1. The third kappa shape index (κ3) is 3.97. The van der Waals surface area contributed by atoms with E-state index in [2.05, 4.69) is 0 Å². The molecule has 1 aliphatic heterocycles. The standard InChI is InChI=1S/C15H19F3N2O/c16-15(17,18)13-6-9-20(10-7-13)14(21)12-3-1-11(2-4-12)5-8-19/h1-4,13H,5-10,19H2. The predicted molar refractivity (Wildman–Crippen MR) is 73.9 cm³/mol. The van der Waals surface area contributed by atoms with Crippen molar-refractivity contribution < 1.29 is 18.0 Å². The summed E-state index contributed by atoms with van der Waals surface area (Å²) in [6.45, 7) is 0.860. The van der Waals surface area contributed by atoms with Crippen molar-refractivity contribution in [3.05, 3.63) is 35.4 Å². The summed E-state index contributed by atoms with van der Waals surface area (Å²) in [6, 6.07) is 7.09. The molecule has 21 heavy (non-hydrogen) atoms. The summed E-state index contributed by atoms with van der Waals surface area (Å²) in [5, 5.41) is 0. The summed E-state index contributed by atoms with van der Waals surface area (Å²) in [5.41, 5.74) is 7.02. The molecule has 0 radical (unpaired) electrons. The van der Waals surface area contributed by atoms with Gasteiger partial charge in [-0.3, -0.25) is 4.79 Å². The number of hydrogen-bond donors (Lipinski definition) is 1. The van der Waals surface area contributed by atoms with Gasteiger partial charge in [0.2, 0.25) is 0 Å². The van der Waals surface area contributed by atoms with Crippen molar-refractivity contribution in [2.24, 2.45) is 11.7 Å². The number of likely N-dealkylation sites (tertiary alicyclic amines) is 1. The van der Waals surface area contributed by atoms with Gasteiger partial charge in [-0.25, -0.2) is 0 Å². The van der Waals surface area contributed by atoms with Crippen LogP contribution in [0.1, 0.15) is 28.8 Å². The fourth-order valence-electron chi connectivity index (χ4n) is 2.57. The highest BCUT2D eigenvalue weighted by Gasteiger charge is 2.41. The third-order valence-corrected chi connectivity index (χ3v) is 3.88. The largest absolute Gasteiger partial charge is 0.391 e. The zero-order valence-electron chi connectivity index (χ0n) is 11.7. The van der Waals surface area contributed by atoms with Crippen molar-refractivity contribution in [3.8, 4) is 0 Å². The maximum atomic E-state index is 12.6. The number of benzene rings is 1. The fourth-order valence-corrected chi connectivity index (χ4v) is 2.57. The Bertz CT molecular complexity index is 477. The van der Waals surface area contributed by atoms with Gasteiger partial charge in [-0.15, -0.1) is 0 Å². The molecule has 1 aromatic rings. The zero-order valence-corrected chi connectivity index (χ0v) is 11.7. The Morgan fingerprint density at radius 3 is 2.24 bits per heavy atom. The van der Waals surface area contributed by atoms with E-state index in [1.807, 2.05) is 12.1 Å². The van der Waals surface area contributed by atoms with Crippen molar-refractivity contribution in [2.45, 2.75) is 25.4 Å². The van der Waals surface area contributed by atoms with Gasteiger partial charge in [0.15, 0.2) is 0 Å². The van der Waals surface area contributed by atoms with Crippen LogP contribution in [0.5, 0.6) is 0 Å². The van der Waals surface area contributed by atoms with Crippen molar-refractivity contribution in [1.29, 1.82) is 0 Å². The van der Waals surface area contributed by atoms with Crippen LogP contribution in [-0.2, 0) is 6.42 Å². The molecule has 1 heterocycles. The molecule has 1 aliphatic rings. The van der Waals surface area contributed by atoms with Gasteiger partial charge in [-0.2, -0.15) is 13.2 Å². The summed E-state index contributed by atoms with van der Waals surface area (Å²) < 4.78 is 37.8. The molecule has 1 aromatic carbocycles. The maximum Gasteiger partial charge on any atom is 0.391 e. The highest BCUT2D eigenvalue weighted by Crippen LogP contribution is 2.34. The minimum atomic E-state index is -4.15. The average molecular weight is 300 g/mol. The fraction of sp³-hybridized carbons (Fsp3) is 0.533. The van der Waals surface area contributed by atoms with Crippen LogP contribution >= 0.6 is 0 Å². The molecule has 1 fully saturated rings. The maximum absolute atomic E-state index is 12.6. The van der Waals surface area contributed by atoms with Crippen LogP contribution in [0.25, 0.3) is 0 Å². The highest BCUT2D eigenvalue weighted by atomic mass is 19.4. The molecule has 1 saturated heterocycles. The first-order valence-corrected chi connectivity index (χ1v) is 7.07. The number of piperidine rings is 1. The smallest absolute Gasteiger partial charge is 0.339 e. The van der Waals surface area contributed by atoms with Gasteiger partial charge < -0.3 is 10.6 Å². The highest BCUT2D eigenvalue weighted by molar-refractivity contribution is 5.94. The second-order valence-corrected chi connectivity index (χ2v) is 5.34. The number of nitrogens with zero attached hydrogens (tertiary/aromatic N) is 1. The molecule has 2 N–H and O–H groups in total. The predicted octanol–water partition coefficient (Wildman–Crippen LogP) is 2.60. The third-order valence-electron chi connectivity index (χ3n) is 3.88. The van der Waals surface area contributed by atoms with E-state index < -0.39 is 12.1 Å². The molecular formula is C15H19F3N2O. The first-order chi connectivity index (χ1) is 9.91. The van der Waals surface area contributed by atoms with Crippen LogP contribution in [0.3, 0.4) is 0 Å². The van der Waals surface area contributed by atoms with E-state index in [9.17, 15) is 18.0 Å². The molecule has 1 amide bonds. The second kappa shape index (κ2) is 6.47. The van der Waals surface area contributed by atoms with Gasteiger partial charge in [0.1, 0.15) is 0 Å². The van der Waals surface area contributed by atoms with E-state index in [-0.39, 0.29) is 31.8 Å². The molecule has 0 spiro atoms. The summed E-state index contributed by atoms with van der Waals surface area (Å²) in [5.74, 6) is -1.48. The summed E-state index contributed by atoms with van der Waals surface area (Å²) >= 11 is 0. The first-order valence-electron chi connectivity index (χ1n) is 7.07. The SMILES string of the molecule is NCCc1ccc(C(=O)N2CCC(C(F)(F)F)CC2)cc1. The number of carbonyl (C=O) groups is 1. The number of rotatable bonds is 3. The molecule has 0 aliphatic carbocycles. The lowest BCUT2D eigenvalue weighted by Crippen LogP contribution is -2.42. The molecule has 116 valence electrons. The van der Waals surface area contributed by atoms with Crippen LogP contribution < -0.4 is 5.73 Å². The Hall–Kier alpha value is -1.56. The van der Waals surface area contributed by atoms with Crippen LogP contribution in [0.4, 0.5) is 13.2 Å². The van der Waals surface area contributed by atoms with Crippen LogP contribution in [0.2, 0.25) is 0 Å². The Kier molecular flexibility index (Phi) is 4.88. The normalized spacial score (nSPS) is 17.0. The number of alkyl halides is 3. The number of carbonyl (C=O) groups excluding carboxylic acids is 1. The van der Waals surface area contributed by atoms with Gasteiger partial charge in [-0.05, 0) is 43.5 Å². The Balaban J connectivity index is 1.95. The Labute approximate surface area is 121 Å². The van der Waals surface area contributed by atoms with Crippen molar-refractivity contribution in [1.82, 2.24) is 4.90 Å². The molecule has 2 rings (SSSR count). The zero-order chi connectivity index (χ0) is 15.5. The van der Waals surface area contributed by atoms with E-state index in [1.165, 1.54) is 4.90 Å². The first kappa shape index (κ1) is 15.8. The van der Waals surface area contributed by atoms with E-state index in [0.29, 0.717) is 12.1 Å². The van der Waals surface area contributed by atoms with Gasteiger partial charge in [-0.1, -0.05) is 12.1 Å². The molecule has 6 heteroatoms. The monoisotopic (exact) mass is 300 g/mol. The minimum absolute atomic E-state index is 0.0134. The Morgan fingerprint density at radius 1 is 1.19 bits per heavy atom. The van der Waals surface area contributed by atoms with E-state index in [1.54, 1.807) is 12.1 Å². The topological polar surface area (TPSA) is 46.3 Å². The van der Waals surface area contributed by atoms with Crippen LogP contribution in [0.15, 0.2) is 24.3 Å². The van der Waals surface area contributed by atoms with Gasteiger partial charge in [0.25, 0.3) is 5.91 Å². The summed E-state index contributed by atoms with van der Waals surface area (Å²) in [6.07, 6.45) is -3.44.